The van der Waals surface area contributed by atoms with Crippen molar-refractivity contribution in [3.05, 3.63) is 101 Å². The van der Waals surface area contributed by atoms with E-state index in [2.05, 4.69) is 0 Å². The summed E-state index contributed by atoms with van der Waals surface area (Å²) in [4.78, 5) is 27.0. The van der Waals surface area contributed by atoms with Crippen molar-refractivity contribution in [3.63, 3.8) is 0 Å². The topological polar surface area (TPSA) is 131 Å². The molecule has 0 amide bonds. The Morgan fingerprint density at radius 3 is 1.40 bits per heavy atom. The summed E-state index contributed by atoms with van der Waals surface area (Å²) in [6, 6.07) is 22.8. The molecule has 0 saturated carbocycles. The summed E-state index contributed by atoms with van der Waals surface area (Å²) in [7, 11) is -6.04. The molecule has 0 aliphatic heterocycles. The van der Waals surface area contributed by atoms with Crippen molar-refractivity contribution in [3.8, 4) is 0 Å². The van der Waals surface area contributed by atoms with Crippen molar-refractivity contribution in [2.45, 2.75) is 62.2 Å². The fourth-order valence-electron chi connectivity index (χ4n) is 4.56. The molecule has 0 aromatic heterocycles. The quantitative estimate of drug-likeness (QED) is 0.149. The van der Waals surface area contributed by atoms with E-state index in [0.29, 0.717) is 15.4 Å². The fourth-order valence-corrected chi connectivity index (χ4v) is 8.84. The van der Waals surface area contributed by atoms with Gasteiger partial charge in [-0.25, -0.2) is 9.59 Å². The predicted octanol–water partition coefficient (Wildman–Crippen LogP) is 4.13. The lowest BCUT2D eigenvalue weighted by molar-refractivity contribution is -1.91. The average molecular weight is 631 g/mol. The minimum absolute atomic E-state index is 0.105. The van der Waals surface area contributed by atoms with Crippen LogP contribution in [0, 0.1) is 10.2 Å². The zero-order valence-corrected chi connectivity index (χ0v) is 27.3. The Morgan fingerprint density at radius 1 is 0.674 bits per heavy atom. The third-order valence-corrected chi connectivity index (χ3v) is 11.2. The number of hydrogen-bond acceptors (Lipinski definition) is 8. The fraction of sp³-hybridized carbons (Fsp3) is 0.333. The van der Waals surface area contributed by atoms with Gasteiger partial charge in [0.1, 0.15) is 9.31 Å². The van der Waals surface area contributed by atoms with Crippen molar-refractivity contribution in [2.75, 3.05) is 20.0 Å². The number of benzene rings is 3. The number of ether oxygens (including phenoxy) is 2. The third-order valence-electron chi connectivity index (χ3n) is 6.94. The molecule has 3 aromatic rings. The molecule has 0 aliphatic carbocycles. The second kappa shape index (κ2) is 13.2. The Bertz CT molecular complexity index is 1370. The maximum Gasteiger partial charge on any atom is 0.345 e. The standard InChI is InChI=1S/C33H39ClO8S/c1-32(2,3)24-14-18-26(19-15-24)43(42-34(37,38)39,27-20-16-25(17-21-27)33(4,5)6)22-28(23-12-10-9-11-13-23)29(30(35)40-7)31(36)41-8/h9-21H,22H2,1-8H3. The highest BCUT2D eigenvalue weighted by atomic mass is 35.7. The molecule has 0 atom stereocenters. The number of carbonyl (C=O) groups is 2. The molecule has 0 spiro atoms. The van der Waals surface area contributed by atoms with Gasteiger partial charge in [0.2, 0.25) is 0 Å². The van der Waals surface area contributed by atoms with Crippen molar-refractivity contribution in [1.82, 2.24) is 0 Å². The van der Waals surface area contributed by atoms with Gasteiger partial charge in [0.25, 0.3) is 0 Å². The van der Waals surface area contributed by atoms with Crippen molar-refractivity contribution >= 4 is 27.8 Å². The second-order valence-electron chi connectivity index (χ2n) is 12.0. The summed E-state index contributed by atoms with van der Waals surface area (Å²) in [5, 5.41) is 0. The van der Waals surface area contributed by atoms with Gasteiger partial charge in [-0.1, -0.05) is 96.1 Å². The Balaban J connectivity index is 2.48. The largest absolute Gasteiger partial charge is 0.465 e. The molecule has 0 radical (unpaired) electrons. The third kappa shape index (κ3) is 8.26. The number of esters is 2. The van der Waals surface area contributed by atoms with Crippen LogP contribution in [0.15, 0.2) is 94.2 Å². The highest BCUT2D eigenvalue weighted by molar-refractivity contribution is 8.30. The minimum atomic E-state index is -4.99. The minimum Gasteiger partial charge on any atom is -0.465 e. The summed E-state index contributed by atoms with van der Waals surface area (Å²) >= 11 is 0. The number of hydrogen-bond donors (Lipinski definition) is 0. The molecule has 0 unspecified atom stereocenters. The van der Waals surface area contributed by atoms with Crippen LogP contribution in [0.25, 0.3) is 5.57 Å². The molecule has 0 bridgehead atoms. The van der Waals surface area contributed by atoms with Crippen LogP contribution in [0.2, 0.25) is 0 Å². The molecule has 10 heteroatoms. The van der Waals surface area contributed by atoms with Gasteiger partial charge in [-0.2, -0.15) is 14.0 Å². The molecule has 232 valence electrons. The van der Waals surface area contributed by atoms with Gasteiger partial charge >= 0.3 is 11.9 Å². The molecular formula is C33H39ClO8S. The monoisotopic (exact) mass is 630 g/mol. The van der Waals surface area contributed by atoms with Crippen molar-refractivity contribution < 1.29 is 47.0 Å². The molecule has 0 aliphatic rings. The Kier molecular flexibility index (Phi) is 10.5. The molecule has 8 nitrogen and oxygen atoms in total. The first-order chi connectivity index (χ1) is 19.9. The zero-order valence-electron chi connectivity index (χ0n) is 25.8. The first-order valence-electron chi connectivity index (χ1n) is 13.5. The van der Waals surface area contributed by atoms with Crippen molar-refractivity contribution in [2.24, 2.45) is 0 Å². The van der Waals surface area contributed by atoms with Crippen molar-refractivity contribution in [1.29, 1.82) is 0 Å². The normalized spacial score (nSPS) is 12.8. The van der Waals surface area contributed by atoms with Crippen LogP contribution in [0.1, 0.15) is 58.2 Å². The van der Waals surface area contributed by atoms with Gasteiger partial charge in [0.15, 0.2) is 0 Å². The van der Waals surface area contributed by atoms with E-state index >= 15 is 0 Å². The lowest BCUT2D eigenvalue weighted by Gasteiger charge is -2.36. The molecule has 0 N–H and O–H groups in total. The molecule has 3 rings (SSSR count). The summed E-state index contributed by atoms with van der Waals surface area (Å²) in [6.07, 6.45) is 0. The summed E-state index contributed by atoms with van der Waals surface area (Å²) in [6.45, 7) is 12.2. The number of rotatable bonds is 9. The summed E-state index contributed by atoms with van der Waals surface area (Å²) < 4.78 is 53.1. The number of carbonyl (C=O) groups excluding carboxylic acids is 2. The second-order valence-corrected chi connectivity index (χ2v) is 15.9. The molecule has 0 fully saturated rings. The number of methoxy groups -OCH3 is 2. The van der Waals surface area contributed by atoms with Crippen LogP contribution in [-0.2, 0) is 33.6 Å². The van der Waals surface area contributed by atoms with Crippen LogP contribution in [0.5, 0.6) is 0 Å². The molecule has 43 heavy (non-hydrogen) atoms. The highest BCUT2D eigenvalue weighted by Crippen LogP contribution is 2.66. The van der Waals surface area contributed by atoms with Gasteiger partial charge in [0, 0.05) is 15.5 Å². The molecule has 3 aromatic carbocycles. The summed E-state index contributed by atoms with van der Waals surface area (Å²) in [5.41, 5.74) is 1.60. The first kappa shape index (κ1) is 34.3. The maximum atomic E-state index is 13.1. The lowest BCUT2D eigenvalue weighted by atomic mass is 9.87. The van der Waals surface area contributed by atoms with E-state index in [4.69, 9.17) is 13.2 Å². The zero-order chi connectivity index (χ0) is 32.2. The van der Waals surface area contributed by atoms with Crippen LogP contribution in [-0.4, -0.2) is 31.9 Å². The smallest absolute Gasteiger partial charge is 0.345 e. The van der Waals surface area contributed by atoms with Gasteiger partial charge in [0.05, 0.1) is 34.8 Å². The Hall–Kier alpha value is -3.18. The SMILES string of the molecule is COC(=O)C(C(=O)OC)=C(CS(O[Cl+3]([O-])([O-])[O-])(c1ccc(C(C)(C)C)cc1)c1ccc(C(C)(C)C)cc1)c1ccccc1. The number of halogens is 1. The lowest BCUT2D eigenvalue weighted by Crippen LogP contribution is -2.61. The molecule has 0 heterocycles. The van der Waals surface area contributed by atoms with E-state index in [9.17, 15) is 23.6 Å². The van der Waals surface area contributed by atoms with E-state index in [0.717, 1.165) is 25.3 Å². The van der Waals surface area contributed by atoms with Crippen LogP contribution < -0.4 is 14.0 Å². The van der Waals surface area contributed by atoms with Gasteiger partial charge < -0.3 is 9.47 Å². The van der Waals surface area contributed by atoms with Gasteiger partial charge in [-0.15, -0.1) is 0 Å². The van der Waals surface area contributed by atoms with E-state index in [1.165, 1.54) is 0 Å². The predicted molar refractivity (Wildman–Crippen MR) is 158 cm³/mol. The van der Waals surface area contributed by atoms with E-state index in [-0.39, 0.29) is 22.2 Å². The molecular weight excluding hydrogens is 592 g/mol. The van der Waals surface area contributed by atoms with Gasteiger partial charge in [-0.3, -0.25) is 0 Å². The van der Waals surface area contributed by atoms with Crippen LogP contribution in [0.4, 0.5) is 0 Å². The summed E-state index contributed by atoms with van der Waals surface area (Å²) in [5.74, 6) is -2.30. The van der Waals surface area contributed by atoms with Gasteiger partial charge in [-0.05, 0) is 57.4 Å². The van der Waals surface area contributed by atoms with E-state index in [1.54, 1.807) is 54.6 Å². The van der Waals surface area contributed by atoms with Crippen LogP contribution in [0.3, 0.4) is 0 Å². The first-order valence-corrected chi connectivity index (χ1v) is 16.5. The highest BCUT2D eigenvalue weighted by Gasteiger charge is 2.47. The molecule has 0 saturated heterocycles. The van der Waals surface area contributed by atoms with E-state index in [1.807, 2.05) is 65.8 Å². The van der Waals surface area contributed by atoms with Crippen LogP contribution >= 0.6 is 10.3 Å². The average Bonchev–Trinajstić information content (AvgIpc) is 2.95. The Morgan fingerprint density at radius 2 is 1.07 bits per heavy atom. The Labute approximate surface area is 257 Å². The maximum absolute atomic E-state index is 13.1. The van der Waals surface area contributed by atoms with E-state index < -0.39 is 38.1 Å².